The second-order valence-corrected chi connectivity index (χ2v) is 9.21. The average Bonchev–Trinajstić information content (AvgIpc) is 3.48. The van der Waals surface area contributed by atoms with Gasteiger partial charge in [0.2, 0.25) is 9.81 Å². The van der Waals surface area contributed by atoms with Crippen molar-refractivity contribution in [2.45, 2.75) is 6.92 Å². The van der Waals surface area contributed by atoms with Gasteiger partial charge in [0.15, 0.2) is 5.76 Å². The quantitative estimate of drug-likeness (QED) is 0.222. The summed E-state index contributed by atoms with van der Waals surface area (Å²) in [5, 5.41) is 17.4. The highest BCUT2D eigenvalue weighted by molar-refractivity contribution is 9.10. The number of rotatable bonds is 5. The fourth-order valence-corrected chi connectivity index (χ4v) is 4.37. The second-order valence-electron chi connectivity index (χ2n) is 7.34. The molecule has 0 radical (unpaired) electrons. The van der Waals surface area contributed by atoms with E-state index >= 15 is 0 Å². The Balaban J connectivity index is 1.52. The van der Waals surface area contributed by atoms with Gasteiger partial charge in [-0.3, -0.25) is 4.79 Å². The van der Waals surface area contributed by atoms with E-state index in [1.807, 2.05) is 91.9 Å². The van der Waals surface area contributed by atoms with Gasteiger partial charge in [-0.05, 0) is 55.5 Å². The highest BCUT2D eigenvalue weighted by Crippen LogP contribution is 2.23. The Labute approximate surface area is 207 Å². The molecule has 5 rings (SSSR count). The van der Waals surface area contributed by atoms with Crippen molar-refractivity contribution in [1.29, 1.82) is 0 Å². The Hall–Kier alpha value is -3.82. The number of halogens is 1. The number of nitrogens with zero attached hydrogens (tertiary/aromatic N) is 4. The molecule has 2 aromatic heterocycles. The zero-order valence-corrected chi connectivity index (χ0v) is 20.4. The maximum absolute atomic E-state index is 12.8. The van der Waals surface area contributed by atoms with Gasteiger partial charge < -0.3 is 9.73 Å². The van der Waals surface area contributed by atoms with Crippen LogP contribution < -0.4 is 10.1 Å². The molecular weight excluding hydrogens is 514 g/mol. The highest BCUT2D eigenvalue weighted by Gasteiger charge is 2.15. The first-order valence-corrected chi connectivity index (χ1v) is 12.0. The van der Waals surface area contributed by atoms with Gasteiger partial charge in [-0.25, -0.2) is 4.68 Å². The van der Waals surface area contributed by atoms with Crippen LogP contribution in [0.1, 0.15) is 22.5 Å². The van der Waals surface area contributed by atoms with Crippen LogP contribution in [-0.4, -0.2) is 21.4 Å². The van der Waals surface area contributed by atoms with E-state index in [0.29, 0.717) is 22.0 Å². The number of benzene rings is 3. The van der Waals surface area contributed by atoms with Gasteiger partial charge in [0.25, 0.3) is 5.91 Å². The molecule has 0 saturated heterocycles. The summed E-state index contributed by atoms with van der Waals surface area (Å²) in [5.74, 6) is 0.306. The summed E-state index contributed by atoms with van der Waals surface area (Å²) in [6.45, 7) is 1.83. The maximum Gasteiger partial charge on any atom is 0.286 e. The number of amides is 1. The van der Waals surface area contributed by atoms with Crippen molar-refractivity contribution in [1.82, 2.24) is 9.78 Å². The molecule has 0 aliphatic heterocycles. The van der Waals surface area contributed by atoms with Crippen LogP contribution in [0.15, 0.2) is 104 Å². The van der Waals surface area contributed by atoms with Crippen molar-refractivity contribution >= 4 is 55.5 Å². The lowest BCUT2D eigenvalue weighted by Gasteiger charge is -2.02. The molecule has 0 saturated carbocycles. The number of furan rings is 1. The molecule has 0 aliphatic carbocycles. The Morgan fingerprint density at radius 1 is 1.03 bits per heavy atom. The predicted octanol–water partition coefficient (Wildman–Crippen LogP) is 6.02. The molecule has 7 nitrogen and oxygen atoms in total. The molecule has 34 heavy (non-hydrogen) atoms. The summed E-state index contributed by atoms with van der Waals surface area (Å²) in [6, 6.07) is 26.5. The van der Waals surface area contributed by atoms with Gasteiger partial charge in [-0.2, -0.15) is 0 Å². The molecule has 9 heteroatoms. The minimum absolute atomic E-state index is 0.271. The summed E-state index contributed by atoms with van der Waals surface area (Å²) >= 11 is 4.63. The lowest BCUT2D eigenvalue weighted by atomic mass is 10.2. The first kappa shape index (κ1) is 22.0. The van der Waals surface area contributed by atoms with Gasteiger partial charge in [0, 0.05) is 15.5 Å². The molecule has 0 aliphatic rings. The van der Waals surface area contributed by atoms with Gasteiger partial charge in [-0.1, -0.05) is 63.7 Å². The van der Waals surface area contributed by atoms with Crippen molar-refractivity contribution < 1.29 is 9.21 Å². The topological polar surface area (TPSA) is 84.8 Å². The Morgan fingerprint density at radius 3 is 2.53 bits per heavy atom. The second kappa shape index (κ2) is 9.58. The number of carbonyl (C=O) groups is 1. The van der Waals surface area contributed by atoms with Crippen LogP contribution in [0.2, 0.25) is 0 Å². The van der Waals surface area contributed by atoms with Crippen LogP contribution in [0.4, 0.5) is 5.69 Å². The van der Waals surface area contributed by atoms with Crippen molar-refractivity contribution in [3.05, 3.63) is 105 Å². The standard InChI is InChI=1S/C25H18BrN5O2S/c1-16(22-15-17-14-18(26)12-13-21(17)33-22)28-29-25-31(20-10-6-3-7-11-20)30-24(34-25)23(32)27-19-8-4-2-5-9-19/h2-15H,1H3,(H,27,32)/b28-16-,29-25-. The number of para-hydroxylation sites is 2. The van der Waals surface area contributed by atoms with Gasteiger partial charge >= 0.3 is 0 Å². The predicted molar refractivity (Wildman–Crippen MR) is 138 cm³/mol. The molecule has 1 amide bonds. The van der Waals surface area contributed by atoms with E-state index in [1.54, 1.807) is 4.68 Å². The van der Waals surface area contributed by atoms with Crippen molar-refractivity contribution in [2.75, 3.05) is 5.32 Å². The lowest BCUT2D eigenvalue weighted by Crippen LogP contribution is -2.15. The minimum atomic E-state index is -0.314. The zero-order valence-electron chi connectivity index (χ0n) is 18.0. The number of aromatic nitrogens is 2. The van der Waals surface area contributed by atoms with Crippen LogP contribution in [0.3, 0.4) is 0 Å². The van der Waals surface area contributed by atoms with Crippen molar-refractivity contribution in [3.63, 3.8) is 0 Å². The van der Waals surface area contributed by atoms with Crippen LogP contribution in [-0.2, 0) is 0 Å². The molecule has 0 spiro atoms. The third kappa shape index (κ3) is 4.75. The molecule has 1 N–H and O–H groups in total. The molecule has 0 unspecified atom stereocenters. The molecule has 168 valence electrons. The molecule has 3 aromatic carbocycles. The highest BCUT2D eigenvalue weighted by atomic mass is 79.9. The average molecular weight is 532 g/mol. The smallest absolute Gasteiger partial charge is 0.286 e. The first-order chi connectivity index (χ1) is 16.6. The number of hydrogen-bond donors (Lipinski definition) is 1. The molecule has 2 heterocycles. The number of carbonyl (C=O) groups excluding carboxylic acids is 1. The largest absolute Gasteiger partial charge is 0.455 e. The normalized spacial score (nSPS) is 12.3. The van der Waals surface area contributed by atoms with E-state index in [1.165, 1.54) is 0 Å². The maximum atomic E-state index is 12.8. The SMILES string of the molecule is C/C(=N/N=c1\sc(C(=O)Nc2ccccc2)nn1-c1ccccc1)c1cc2cc(Br)ccc2o1. The molecule has 0 fully saturated rings. The van der Waals surface area contributed by atoms with E-state index in [9.17, 15) is 4.79 Å². The summed E-state index contributed by atoms with van der Waals surface area (Å²) in [5.41, 5.74) is 2.84. The third-order valence-electron chi connectivity index (χ3n) is 4.91. The molecule has 0 bridgehead atoms. The third-order valence-corrected chi connectivity index (χ3v) is 6.30. The fourth-order valence-electron chi connectivity index (χ4n) is 3.24. The van der Waals surface area contributed by atoms with Crippen LogP contribution in [0.25, 0.3) is 16.7 Å². The summed E-state index contributed by atoms with van der Waals surface area (Å²) in [4.78, 5) is 13.3. The molecular formula is C25H18BrN5O2S. The number of hydrogen-bond acceptors (Lipinski definition) is 6. The molecule has 5 aromatic rings. The summed E-state index contributed by atoms with van der Waals surface area (Å²) in [6.07, 6.45) is 0. The van der Waals surface area contributed by atoms with Gasteiger partial charge in [0.1, 0.15) is 11.3 Å². The van der Waals surface area contributed by atoms with E-state index in [4.69, 9.17) is 4.42 Å². The van der Waals surface area contributed by atoms with Crippen LogP contribution >= 0.6 is 27.3 Å². The molecule has 0 atom stereocenters. The van der Waals surface area contributed by atoms with Gasteiger partial charge in [-0.15, -0.1) is 15.3 Å². The van der Waals surface area contributed by atoms with Gasteiger partial charge in [0.05, 0.1) is 5.69 Å². The van der Waals surface area contributed by atoms with E-state index < -0.39 is 0 Å². The van der Waals surface area contributed by atoms with E-state index in [0.717, 1.165) is 32.5 Å². The monoisotopic (exact) mass is 531 g/mol. The fraction of sp³-hybridized carbons (Fsp3) is 0.0400. The zero-order chi connectivity index (χ0) is 23.5. The minimum Gasteiger partial charge on any atom is -0.455 e. The lowest BCUT2D eigenvalue weighted by molar-refractivity contribution is 0.102. The first-order valence-electron chi connectivity index (χ1n) is 10.4. The van der Waals surface area contributed by atoms with Crippen molar-refractivity contribution in [3.8, 4) is 5.69 Å². The Kier molecular flexibility index (Phi) is 6.20. The van der Waals surface area contributed by atoms with Crippen molar-refractivity contribution in [2.24, 2.45) is 10.2 Å². The Bertz CT molecular complexity index is 1570. The number of fused-ring (bicyclic) bond motifs is 1. The summed E-state index contributed by atoms with van der Waals surface area (Å²) in [7, 11) is 0. The van der Waals surface area contributed by atoms with E-state index in [2.05, 4.69) is 36.5 Å². The summed E-state index contributed by atoms with van der Waals surface area (Å²) < 4.78 is 8.49. The van der Waals surface area contributed by atoms with E-state index in [-0.39, 0.29) is 10.9 Å². The number of anilines is 1. The van der Waals surface area contributed by atoms with Crippen LogP contribution in [0.5, 0.6) is 0 Å². The Morgan fingerprint density at radius 2 is 1.76 bits per heavy atom. The van der Waals surface area contributed by atoms with Crippen LogP contribution in [0, 0.1) is 0 Å². The number of nitrogens with one attached hydrogen (secondary N) is 1.